The molecule has 14 heavy (non-hydrogen) atoms. The molecule has 3 heteroatoms. The maximum atomic E-state index is 11.5. The lowest BCUT2D eigenvalue weighted by atomic mass is 10.1. The van der Waals surface area contributed by atoms with Gasteiger partial charge in [0.25, 0.3) is 0 Å². The molecule has 0 saturated heterocycles. The van der Waals surface area contributed by atoms with Gasteiger partial charge in [0, 0.05) is 12.7 Å². The smallest absolute Gasteiger partial charge is 0.250 e. The number of anilines is 1. The van der Waals surface area contributed by atoms with E-state index in [-0.39, 0.29) is 5.91 Å². The average Bonchev–Trinajstić information content (AvgIpc) is 2.27. The fourth-order valence-corrected chi connectivity index (χ4v) is 1.73. The molecule has 0 atom stereocenters. The Hall–Kier alpha value is -1.64. The van der Waals surface area contributed by atoms with Gasteiger partial charge in [-0.3, -0.25) is 9.78 Å². The van der Waals surface area contributed by atoms with E-state index in [9.17, 15) is 4.79 Å². The second kappa shape index (κ2) is 3.62. The summed E-state index contributed by atoms with van der Waals surface area (Å²) in [5, 5.41) is 0. The van der Waals surface area contributed by atoms with Crippen molar-refractivity contribution < 1.29 is 4.79 Å². The number of carbonyl (C=O) groups excluding carboxylic acids is 1. The lowest BCUT2D eigenvalue weighted by Crippen LogP contribution is -2.34. The van der Waals surface area contributed by atoms with Crippen LogP contribution in [0.1, 0.15) is 12.1 Å². The van der Waals surface area contributed by atoms with Gasteiger partial charge in [0.1, 0.15) is 0 Å². The second-order valence-corrected chi connectivity index (χ2v) is 3.27. The van der Waals surface area contributed by atoms with Crippen molar-refractivity contribution in [2.45, 2.75) is 12.8 Å². The topological polar surface area (TPSA) is 33.2 Å². The third-order valence-electron chi connectivity index (χ3n) is 2.39. The van der Waals surface area contributed by atoms with Crippen molar-refractivity contribution >= 4 is 11.6 Å². The first-order valence-corrected chi connectivity index (χ1v) is 4.71. The SMILES string of the molecule is C=CC(=O)N1CCCc2ncccc21. The van der Waals surface area contributed by atoms with Gasteiger partial charge >= 0.3 is 0 Å². The second-order valence-electron chi connectivity index (χ2n) is 3.27. The summed E-state index contributed by atoms with van der Waals surface area (Å²) < 4.78 is 0. The van der Waals surface area contributed by atoms with Crippen LogP contribution in [0.2, 0.25) is 0 Å². The summed E-state index contributed by atoms with van der Waals surface area (Å²) in [6.07, 6.45) is 5.05. The third kappa shape index (κ3) is 1.41. The van der Waals surface area contributed by atoms with Crippen molar-refractivity contribution in [3.63, 3.8) is 0 Å². The van der Waals surface area contributed by atoms with E-state index in [1.807, 2.05) is 12.1 Å². The lowest BCUT2D eigenvalue weighted by Gasteiger charge is -2.27. The first-order valence-electron chi connectivity index (χ1n) is 4.71. The maximum Gasteiger partial charge on any atom is 0.250 e. The van der Waals surface area contributed by atoms with Gasteiger partial charge in [0.15, 0.2) is 0 Å². The van der Waals surface area contributed by atoms with Crippen LogP contribution in [-0.4, -0.2) is 17.4 Å². The van der Waals surface area contributed by atoms with Crippen LogP contribution < -0.4 is 4.90 Å². The van der Waals surface area contributed by atoms with Gasteiger partial charge in [-0.15, -0.1) is 0 Å². The molecule has 0 saturated carbocycles. The summed E-state index contributed by atoms with van der Waals surface area (Å²) in [6.45, 7) is 4.26. The van der Waals surface area contributed by atoms with E-state index in [0.717, 1.165) is 30.8 Å². The molecule has 0 radical (unpaired) electrons. The molecule has 2 rings (SSSR count). The minimum atomic E-state index is -0.0426. The summed E-state index contributed by atoms with van der Waals surface area (Å²) in [4.78, 5) is 17.5. The Balaban J connectivity index is 2.40. The van der Waals surface area contributed by atoms with Gasteiger partial charge in [0.2, 0.25) is 5.91 Å². The minimum Gasteiger partial charge on any atom is -0.307 e. The van der Waals surface area contributed by atoms with Gasteiger partial charge in [-0.05, 0) is 31.1 Å². The standard InChI is InChI=1S/C11H12N2O/c1-2-11(14)13-8-4-5-9-10(13)6-3-7-12-9/h2-3,6-7H,1,4-5,8H2. The fraction of sp³-hybridized carbons (Fsp3) is 0.273. The molecule has 2 heterocycles. The minimum absolute atomic E-state index is 0.0426. The fourth-order valence-electron chi connectivity index (χ4n) is 1.73. The molecule has 1 aromatic heterocycles. The van der Waals surface area contributed by atoms with Crippen molar-refractivity contribution in [3.8, 4) is 0 Å². The van der Waals surface area contributed by atoms with E-state index < -0.39 is 0 Å². The number of hydrogen-bond donors (Lipinski definition) is 0. The van der Waals surface area contributed by atoms with E-state index in [1.54, 1.807) is 11.1 Å². The largest absolute Gasteiger partial charge is 0.307 e. The third-order valence-corrected chi connectivity index (χ3v) is 2.39. The molecule has 0 bridgehead atoms. The van der Waals surface area contributed by atoms with Crippen LogP contribution in [0, 0.1) is 0 Å². The van der Waals surface area contributed by atoms with Crippen molar-refractivity contribution in [3.05, 3.63) is 36.7 Å². The molecule has 72 valence electrons. The van der Waals surface area contributed by atoms with Crippen molar-refractivity contribution in [2.24, 2.45) is 0 Å². The van der Waals surface area contributed by atoms with Gasteiger partial charge in [-0.25, -0.2) is 0 Å². The molecule has 0 fully saturated rings. The Labute approximate surface area is 83.1 Å². The monoisotopic (exact) mass is 188 g/mol. The van der Waals surface area contributed by atoms with Crippen LogP contribution in [0.3, 0.4) is 0 Å². The number of rotatable bonds is 1. The highest BCUT2D eigenvalue weighted by Crippen LogP contribution is 2.24. The van der Waals surface area contributed by atoms with Gasteiger partial charge in [0.05, 0.1) is 11.4 Å². The number of hydrogen-bond acceptors (Lipinski definition) is 2. The Morgan fingerprint density at radius 3 is 3.29 bits per heavy atom. The lowest BCUT2D eigenvalue weighted by molar-refractivity contribution is -0.114. The summed E-state index contributed by atoms with van der Waals surface area (Å²) >= 11 is 0. The number of amides is 1. The van der Waals surface area contributed by atoms with Crippen molar-refractivity contribution in [1.82, 2.24) is 4.98 Å². The van der Waals surface area contributed by atoms with Gasteiger partial charge < -0.3 is 4.90 Å². The van der Waals surface area contributed by atoms with Crippen molar-refractivity contribution in [2.75, 3.05) is 11.4 Å². The van der Waals surface area contributed by atoms with Gasteiger partial charge in [-0.2, -0.15) is 0 Å². The van der Waals surface area contributed by atoms with Crippen LogP contribution in [0.5, 0.6) is 0 Å². The highest BCUT2D eigenvalue weighted by molar-refractivity contribution is 6.01. The Kier molecular flexibility index (Phi) is 2.31. The molecule has 0 N–H and O–H groups in total. The number of fused-ring (bicyclic) bond motifs is 1. The first-order chi connectivity index (χ1) is 6.83. The normalized spacial score (nSPS) is 14.7. The molecule has 3 nitrogen and oxygen atoms in total. The summed E-state index contributed by atoms with van der Waals surface area (Å²) in [6, 6.07) is 3.79. The Morgan fingerprint density at radius 2 is 2.50 bits per heavy atom. The van der Waals surface area contributed by atoms with Crippen LogP contribution in [0.25, 0.3) is 0 Å². The van der Waals surface area contributed by atoms with E-state index in [4.69, 9.17) is 0 Å². The zero-order chi connectivity index (χ0) is 9.97. The Bertz CT molecular complexity index is 373. The number of aryl methyl sites for hydroxylation is 1. The first kappa shape index (κ1) is 8.94. The number of carbonyl (C=O) groups is 1. The highest BCUT2D eigenvalue weighted by Gasteiger charge is 2.20. The van der Waals surface area contributed by atoms with E-state index in [2.05, 4.69) is 11.6 Å². The van der Waals surface area contributed by atoms with Crippen LogP contribution in [-0.2, 0) is 11.2 Å². The molecule has 0 aromatic carbocycles. The summed E-state index contributed by atoms with van der Waals surface area (Å²) in [5.41, 5.74) is 1.94. The predicted molar refractivity (Wildman–Crippen MR) is 55.1 cm³/mol. The quantitative estimate of drug-likeness (QED) is 0.626. The number of nitrogens with zero attached hydrogens (tertiary/aromatic N) is 2. The molecular formula is C11H12N2O. The molecule has 1 aliphatic rings. The molecule has 1 aromatic rings. The predicted octanol–water partition coefficient (Wildman–Crippen LogP) is 1.55. The van der Waals surface area contributed by atoms with Gasteiger partial charge in [-0.1, -0.05) is 6.58 Å². The van der Waals surface area contributed by atoms with Crippen molar-refractivity contribution in [1.29, 1.82) is 0 Å². The molecule has 0 unspecified atom stereocenters. The number of aromatic nitrogens is 1. The van der Waals surface area contributed by atoms with Crippen LogP contribution in [0.15, 0.2) is 31.0 Å². The van der Waals surface area contributed by atoms with Crippen LogP contribution >= 0.6 is 0 Å². The molecular weight excluding hydrogens is 176 g/mol. The Morgan fingerprint density at radius 1 is 1.64 bits per heavy atom. The summed E-state index contributed by atoms with van der Waals surface area (Å²) in [5.74, 6) is -0.0426. The maximum absolute atomic E-state index is 11.5. The van der Waals surface area contributed by atoms with Crippen LogP contribution in [0.4, 0.5) is 5.69 Å². The molecule has 0 spiro atoms. The average molecular weight is 188 g/mol. The highest BCUT2D eigenvalue weighted by atomic mass is 16.2. The van der Waals surface area contributed by atoms with E-state index >= 15 is 0 Å². The zero-order valence-electron chi connectivity index (χ0n) is 7.94. The number of pyridine rings is 1. The molecule has 0 aliphatic carbocycles. The van der Waals surface area contributed by atoms with E-state index in [1.165, 1.54) is 6.08 Å². The summed E-state index contributed by atoms with van der Waals surface area (Å²) in [7, 11) is 0. The molecule has 1 amide bonds. The zero-order valence-corrected chi connectivity index (χ0v) is 7.94. The molecule has 1 aliphatic heterocycles. The van der Waals surface area contributed by atoms with E-state index in [0.29, 0.717) is 0 Å².